The van der Waals surface area contributed by atoms with E-state index in [1.165, 1.54) is 11.1 Å². The van der Waals surface area contributed by atoms with Crippen molar-refractivity contribution in [1.82, 2.24) is 0 Å². The summed E-state index contributed by atoms with van der Waals surface area (Å²) in [5, 5.41) is 2.91. The van der Waals surface area contributed by atoms with Crippen LogP contribution in [0, 0.1) is 5.41 Å². The molecule has 212 valence electrons. The molecule has 6 nitrogen and oxygen atoms in total. The molecule has 1 aliphatic heterocycles. The van der Waals surface area contributed by atoms with Crippen molar-refractivity contribution in [3.63, 3.8) is 0 Å². The lowest BCUT2D eigenvalue weighted by Crippen LogP contribution is -2.47. The van der Waals surface area contributed by atoms with Gasteiger partial charge in [-0.1, -0.05) is 83.0 Å². The lowest BCUT2D eigenvalue weighted by molar-refractivity contribution is -0.130. The molecule has 2 atom stereocenters. The van der Waals surface area contributed by atoms with E-state index in [1.54, 1.807) is 0 Å². The van der Waals surface area contributed by atoms with Gasteiger partial charge in [-0.05, 0) is 72.7 Å². The molecule has 0 saturated carbocycles. The molecule has 6 heteroatoms. The SMILES string of the molecule is CCCC(CCC)(C(N)=O)C1c2cc(NC(=O)Oc3ccc(C(C)C)cc3)ccc2N(Cc2ccccc2)C1C. The van der Waals surface area contributed by atoms with Crippen LogP contribution in [-0.2, 0) is 11.3 Å². The molecular formula is C34H43N3O3. The van der Waals surface area contributed by atoms with Crippen LogP contribution in [0.4, 0.5) is 16.2 Å². The minimum atomic E-state index is -0.680. The third-order valence-corrected chi connectivity index (χ3v) is 8.32. The standard InChI is InChI=1S/C34H43N3O3/c1-6-19-34(20-7-2,32(35)38)31-24(5)37(22-25-11-9-8-10-12-25)30-18-15-27(21-29(30)31)36-33(39)40-28-16-13-26(14-17-28)23(3)4/h8-18,21,23-24,31H,6-7,19-20,22H2,1-5H3,(H2,35,38)(H,36,39). The van der Waals surface area contributed by atoms with Crippen molar-refractivity contribution in [1.29, 1.82) is 0 Å². The number of nitrogens with one attached hydrogen (secondary N) is 1. The van der Waals surface area contributed by atoms with Crippen molar-refractivity contribution in [2.75, 3.05) is 10.2 Å². The van der Waals surface area contributed by atoms with E-state index >= 15 is 0 Å². The quantitative estimate of drug-likeness (QED) is 0.258. The first-order chi connectivity index (χ1) is 19.2. The third kappa shape index (κ3) is 6.01. The molecule has 3 aromatic carbocycles. The first-order valence-corrected chi connectivity index (χ1v) is 14.5. The second kappa shape index (κ2) is 12.6. The second-order valence-electron chi connectivity index (χ2n) is 11.4. The molecular weight excluding hydrogens is 498 g/mol. The van der Waals surface area contributed by atoms with E-state index in [2.05, 4.69) is 57.0 Å². The van der Waals surface area contributed by atoms with Crippen molar-refractivity contribution < 1.29 is 14.3 Å². The fourth-order valence-corrected chi connectivity index (χ4v) is 6.47. The number of amides is 2. The van der Waals surface area contributed by atoms with Crippen molar-refractivity contribution in [2.24, 2.45) is 11.1 Å². The first-order valence-electron chi connectivity index (χ1n) is 14.5. The van der Waals surface area contributed by atoms with E-state index in [9.17, 15) is 9.59 Å². The summed E-state index contributed by atoms with van der Waals surface area (Å²) in [6.07, 6.45) is 2.61. The minimum Gasteiger partial charge on any atom is -0.410 e. The monoisotopic (exact) mass is 541 g/mol. The lowest BCUT2D eigenvalue weighted by atomic mass is 9.64. The number of carbonyl (C=O) groups is 2. The molecule has 40 heavy (non-hydrogen) atoms. The molecule has 0 radical (unpaired) electrons. The number of hydrogen-bond acceptors (Lipinski definition) is 4. The van der Waals surface area contributed by atoms with Gasteiger partial charge >= 0.3 is 6.09 Å². The fourth-order valence-electron chi connectivity index (χ4n) is 6.47. The Balaban J connectivity index is 1.68. The van der Waals surface area contributed by atoms with Crippen LogP contribution in [0.5, 0.6) is 5.75 Å². The van der Waals surface area contributed by atoms with Crippen LogP contribution in [0.15, 0.2) is 72.8 Å². The fraction of sp³-hybridized carbons (Fsp3) is 0.412. The molecule has 1 aliphatic rings. The van der Waals surface area contributed by atoms with Crippen LogP contribution in [0.2, 0.25) is 0 Å². The van der Waals surface area contributed by atoms with Crippen molar-refractivity contribution in [3.8, 4) is 5.75 Å². The zero-order chi connectivity index (χ0) is 28.9. The molecule has 1 heterocycles. The Bertz CT molecular complexity index is 1300. The number of primary amides is 1. The highest BCUT2D eigenvalue weighted by molar-refractivity contribution is 5.88. The molecule has 3 aromatic rings. The Hall–Kier alpha value is -3.80. The Morgan fingerprint density at radius 1 is 0.975 bits per heavy atom. The van der Waals surface area contributed by atoms with E-state index < -0.39 is 11.5 Å². The molecule has 0 fully saturated rings. The average Bonchev–Trinajstić information content (AvgIpc) is 3.19. The summed E-state index contributed by atoms with van der Waals surface area (Å²) in [6, 6.07) is 23.9. The highest BCUT2D eigenvalue weighted by Crippen LogP contribution is 2.54. The average molecular weight is 542 g/mol. The number of fused-ring (bicyclic) bond motifs is 1. The van der Waals surface area contributed by atoms with Crippen LogP contribution in [-0.4, -0.2) is 18.0 Å². The van der Waals surface area contributed by atoms with Gasteiger partial charge in [-0.25, -0.2) is 4.79 Å². The van der Waals surface area contributed by atoms with Crippen LogP contribution in [0.25, 0.3) is 0 Å². The van der Waals surface area contributed by atoms with E-state index in [-0.39, 0.29) is 17.9 Å². The van der Waals surface area contributed by atoms with Gasteiger partial charge in [0.1, 0.15) is 5.75 Å². The number of benzene rings is 3. The topological polar surface area (TPSA) is 84.7 Å². The van der Waals surface area contributed by atoms with E-state index in [0.717, 1.165) is 43.5 Å². The molecule has 0 bridgehead atoms. The van der Waals surface area contributed by atoms with Crippen molar-refractivity contribution in [3.05, 3.63) is 89.5 Å². The van der Waals surface area contributed by atoms with Gasteiger partial charge < -0.3 is 15.4 Å². The predicted octanol–water partition coefficient (Wildman–Crippen LogP) is 7.99. The van der Waals surface area contributed by atoms with E-state index in [4.69, 9.17) is 10.5 Å². The van der Waals surface area contributed by atoms with Crippen LogP contribution in [0.3, 0.4) is 0 Å². The molecule has 3 N–H and O–H groups in total. The summed E-state index contributed by atoms with van der Waals surface area (Å²) in [7, 11) is 0. The summed E-state index contributed by atoms with van der Waals surface area (Å²) in [5.41, 5.74) is 10.7. The number of ether oxygens (including phenoxy) is 1. The minimum absolute atomic E-state index is 0.0440. The molecule has 0 spiro atoms. The summed E-state index contributed by atoms with van der Waals surface area (Å²) >= 11 is 0. The van der Waals surface area contributed by atoms with Gasteiger partial charge in [-0.2, -0.15) is 0 Å². The molecule has 4 rings (SSSR count). The van der Waals surface area contributed by atoms with Gasteiger partial charge in [-0.15, -0.1) is 0 Å². The number of nitrogens with two attached hydrogens (primary N) is 1. The van der Waals surface area contributed by atoms with Crippen molar-refractivity contribution >= 4 is 23.4 Å². The third-order valence-electron chi connectivity index (χ3n) is 8.32. The highest BCUT2D eigenvalue weighted by atomic mass is 16.6. The van der Waals surface area contributed by atoms with Gasteiger partial charge in [-0.3, -0.25) is 10.1 Å². The Labute approximate surface area is 238 Å². The molecule has 2 unspecified atom stereocenters. The summed E-state index contributed by atoms with van der Waals surface area (Å²) in [5.74, 6) is 0.536. The van der Waals surface area contributed by atoms with Gasteiger partial charge in [0.15, 0.2) is 0 Å². The maximum atomic E-state index is 13.3. The largest absolute Gasteiger partial charge is 0.417 e. The summed E-state index contributed by atoms with van der Waals surface area (Å²) in [4.78, 5) is 28.5. The Morgan fingerprint density at radius 3 is 2.20 bits per heavy atom. The lowest BCUT2D eigenvalue weighted by Gasteiger charge is -2.40. The highest BCUT2D eigenvalue weighted by Gasteiger charge is 2.51. The molecule has 0 aromatic heterocycles. The number of anilines is 2. The van der Waals surface area contributed by atoms with Crippen molar-refractivity contribution in [2.45, 2.75) is 84.7 Å². The summed E-state index contributed by atoms with van der Waals surface area (Å²) < 4.78 is 5.57. The Kier molecular flexibility index (Phi) is 9.18. The van der Waals surface area contributed by atoms with E-state index in [0.29, 0.717) is 17.4 Å². The maximum absolute atomic E-state index is 13.3. The second-order valence-corrected chi connectivity index (χ2v) is 11.4. The van der Waals surface area contributed by atoms with Gasteiger partial charge in [0.2, 0.25) is 5.91 Å². The van der Waals surface area contributed by atoms with Crippen LogP contribution >= 0.6 is 0 Å². The van der Waals surface area contributed by atoms with Gasteiger partial charge in [0.05, 0.1) is 5.41 Å². The van der Waals surface area contributed by atoms with Gasteiger partial charge in [0, 0.05) is 29.9 Å². The molecule has 2 amide bonds. The summed E-state index contributed by atoms with van der Waals surface area (Å²) in [6.45, 7) is 11.4. The number of hydrogen-bond donors (Lipinski definition) is 2. The van der Waals surface area contributed by atoms with Crippen LogP contribution in [0.1, 0.15) is 88.8 Å². The number of rotatable bonds is 11. The predicted molar refractivity (Wildman–Crippen MR) is 163 cm³/mol. The zero-order valence-corrected chi connectivity index (χ0v) is 24.4. The normalized spacial score (nSPS) is 16.6. The number of carbonyl (C=O) groups excluding carboxylic acids is 2. The molecule has 0 aliphatic carbocycles. The van der Waals surface area contributed by atoms with E-state index in [1.807, 2.05) is 60.7 Å². The zero-order valence-electron chi connectivity index (χ0n) is 24.4. The Morgan fingerprint density at radius 2 is 1.62 bits per heavy atom. The first kappa shape index (κ1) is 29.2. The smallest absolute Gasteiger partial charge is 0.410 e. The van der Waals surface area contributed by atoms with Gasteiger partial charge in [0.25, 0.3) is 0 Å². The maximum Gasteiger partial charge on any atom is 0.417 e. The molecule has 0 saturated heterocycles. The number of nitrogens with zero attached hydrogens (tertiary/aromatic N) is 1. The van der Waals surface area contributed by atoms with Crippen LogP contribution < -0.4 is 20.7 Å².